The highest BCUT2D eigenvalue weighted by atomic mass is 16.6. The summed E-state index contributed by atoms with van der Waals surface area (Å²) >= 11 is 0. The van der Waals surface area contributed by atoms with Gasteiger partial charge >= 0.3 is 0 Å². The molecule has 148 valence electrons. The monoisotopic (exact) mass is 382 g/mol. The van der Waals surface area contributed by atoms with E-state index in [0.717, 1.165) is 11.1 Å². The SMILES string of the molecule is CCOc1ccccc1/C=N\NC(=O)[C@H]1COc2ccc(C(C)(C)C)cc2O1. The number of nitrogens with zero attached hydrogens (tertiary/aromatic N) is 1. The molecule has 0 aromatic heterocycles. The number of fused-ring (bicyclic) bond motifs is 1. The summed E-state index contributed by atoms with van der Waals surface area (Å²) in [5.74, 6) is 1.57. The quantitative estimate of drug-likeness (QED) is 0.633. The van der Waals surface area contributed by atoms with Crippen LogP contribution in [-0.4, -0.2) is 31.4 Å². The minimum Gasteiger partial charge on any atom is -0.493 e. The Hall–Kier alpha value is -3.02. The second kappa shape index (κ2) is 8.33. The smallest absolute Gasteiger partial charge is 0.284 e. The molecule has 0 saturated heterocycles. The highest BCUT2D eigenvalue weighted by Crippen LogP contribution is 2.36. The normalized spacial score (nSPS) is 16.1. The number of amides is 1. The summed E-state index contributed by atoms with van der Waals surface area (Å²) in [7, 11) is 0. The topological polar surface area (TPSA) is 69.2 Å². The van der Waals surface area contributed by atoms with E-state index >= 15 is 0 Å². The van der Waals surface area contributed by atoms with Crippen LogP contribution < -0.4 is 19.6 Å². The van der Waals surface area contributed by atoms with Crippen LogP contribution in [0.2, 0.25) is 0 Å². The molecule has 6 heteroatoms. The zero-order chi connectivity index (χ0) is 20.1. The van der Waals surface area contributed by atoms with E-state index in [2.05, 4.69) is 31.3 Å². The average Bonchev–Trinajstić information content (AvgIpc) is 2.68. The van der Waals surface area contributed by atoms with Crippen LogP contribution in [0.5, 0.6) is 17.2 Å². The molecule has 1 amide bonds. The van der Waals surface area contributed by atoms with E-state index in [9.17, 15) is 4.79 Å². The molecule has 0 spiro atoms. The van der Waals surface area contributed by atoms with Gasteiger partial charge in [0.15, 0.2) is 11.5 Å². The molecule has 1 aliphatic heterocycles. The van der Waals surface area contributed by atoms with Gasteiger partial charge in [0.1, 0.15) is 12.4 Å². The molecule has 0 fully saturated rings. The number of para-hydroxylation sites is 1. The largest absolute Gasteiger partial charge is 0.493 e. The van der Waals surface area contributed by atoms with Crippen molar-refractivity contribution in [2.75, 3.05) is 13.2 Å². The predicted molar refractivity (Wildman–Crippen MR) is 108 cm³/mol. The van der Waals surface area contributed by atoms with Crippen LogP contribution in [0.3, 0.4) is 0 Å². The summed E-state index contributed by atoms with van der Waals surface area (Å²) < 4.78 is 17.1. The van der Waals surface area contributed by atoms with Gasteiger partial charge in [0.2, 0.25) is 6.10 Å². The standard InChI is InChI=1S/C22H26N2O4/c1-5-26-17-9-7-6-8-15(17)13-23-24-21(25)20-14-27-18-11-10-16(22(2,3)4)12-19(18)28-20/h6-13,20H,5,14H2,1-4H3,(H,24,25)/b23-13-/t20-/m1/s1. The summed E-state index contributed by atoms with van der Waals surface area (Å²) in [4.78, 5) is 12.4. The van der Waals surface area contributed by atoms with E-state index in [-0.39, 0.29) is 17.9 Å². The Morgan fingerprint density at radius 2 is 2.04 bits per heavy atom. The van der Waals surface area contributed by atoms with Crippen LogP contribution in [0.15, 0.2) is 47.6 Å². The molecule has 28 heavy (non-hydrogen) atoms. The van der Waals surface area contributed by atoms with Gasteiger partial charge in [0.05, 0.1) is 12.8 Å². The average molecular weight is 382 g/mol. The van der Waals surface area contributed by atoms with Gasteiger partial charge in [-0.1, -0.05) is 39.0 Å². The van der Waals surface area contributed by atoms with Crippen LogP contribution in [-0.2, 0) is 10.2 Å². The molecular formula is C22H26N2O4. The van der Waals surface area contributed by atoms with Gasteiger partial charge in [0.25, 0.3) is 5.91 Å². The number of rotatable bonds is 5. The Balaban J connectivity index is 1.65. The minimum absolute atomic E-state index is 0.0220. The van der Waals surface area contributed by atoms with Crippen LogP contribution in [0.1, 0.15) is 38.8 Å². The Labute approximate surface area is 165 Å². The molecule has 0 bridgehead atoms. The summed E-state index contributed by atoms with van der Waals surface area (Å²) in [6.45, 7) is 8.98. The van der Waals surface area contributed by atoms with Gasteiger partial charge in [-0.2, -0.15) is 5.10 Å². The fourth-order valence-corrected chi connectivity index (χ4v) is 2.78. The van der Waals surface area contributed by atoms with Gasteiger partial charge in [-0.25, -0.2) is 5.43 Å². The molecule has 0 saturated carbocycles. The Bertz CT molecular complexity index is 871. The maximum atomic E-state index is 12.4. The number of benzene rings is 2. The first-order chi connectivity index (χ1) is 13.4. The summed E-state index contributed by atoms with van der Waals surface area (Å²) in [6, 6.07) is 13.3. The zero-order valence-electron chi connectivity index (χ0n) is 16.7. The van der Waals surface area contributed by atoms with E-state index in [0.29, 0.717) is 23.9 Å². The number of carbonyl (C=O) groups is 1. The molecule has 0 unspecified atom stereocenters. The van der Waals surface area contributed by atoms with Gasteiger partial charge in [-0.05, 0) is 42.2 Å². The molecule has 1 atom stereocenters. The first kappa shape index (κ1) is 19.7. The van der Waals surface area contributed by atoms with E-state index in [1.807, 2.05) is 49.4 Å². The van der Waals surface area contributed by atoms with E-state index < -0.39 is 6.10 Å². The molecule has 0 radical (unpaired) electrons. The van der Waals surface area contributed by atoms with Crippen LogP contribution in [0.25, 0.3) is 0 Å². The van der Waals surface area contributed by atoms with E-state index in [1.54, 1.807) is 6.21 Å². The van der Waals surface area contributed by atoms with Gasteiger partial charge < -0.3 is 14.2 Å². The summed E-state index contributed by atoms with van der Waals surface area (Å²) in [5, 5.41) is 4.03. The number of carbonyl (C=O) groups excluding carboxylic acids is 1. The molecule has 1 heterocycles. The third-order valence-electron chi connectivity index (χ3n) is 4.36. The van der Waals surface area contributed by atoms with Crippen molar-refractivity contribution >= 4 is 12.1 Å². The van der Waals surface area contributed by atoms with Crippen molar-refractivity contribution in [1.82, 2.24) is 5.43 Å². The maximum absolute atomic E-state index is 12.4. The first-order valence-corrected chi connectivity index (χ1v) is 9.37. The second-order valence-electron chi connectivity index (χ2n) is 7.53. The van der Waals surface area contributed by atoms with E-state index in [4.69, 9.17) is 14.2 Å². The van der Waals surface area contributed by atoms with Crippen molar-refractivity contribution in [2.45, 2.75) is 39.2 Å². The highest BCUT2D eigenvalue weighted by Gasteiger charge is 2.28. The Morgan fingerprint density at radius 3 is 2.79 bits per heavy atom. The molecule has 0 aliphatic carbocycles. The van der Waals surface area contributed by atoms with E-state index in [1.165, 1.54) is 0 Å². The fourth-order valence-electron chi connectivity index (χ4n) is 2.78. The van der Waals surface area contributed by atoms with Crippen molar-refractivity contribution < 1.29 is 19.0 Å². The summed E-state index contributed by atoms with van der Waals surface area (Å²) in [6.07, 6.45) is 0.792. The van der Waals surface area contributed by atoms with Crippen LogP contribution in [0, 0.1) is 0 Å². The third-order valence-corrected chi connectivity index (χ3v) is 4.36. The molecule has 1 aliphatic rings. The van der Waals surface area contributed by atoms with Crippen molar-refractivity contribution in [1.29, 1.82) is 0 Å². The number of hydrogen-bond acceptors (Lipinski definition) is 5. The number of hydrogen-bond donors (Lipinski definition) is 1. The second-order valence-corrected chi connectivity index (χ2v) is 7.53. The summed E-state index contributed by atoms with van der Waals surface area (Å²) in [5.41, 5.74) is 4.39. The Morgan fingerprint density at radius 1 is 1.25 bits per heavy atom. The lowest BCUT2D eigenvalue weighted by Crippen LogP contribution is -2.42. The lowest BCUT2D eigenvalue weighted by molar-refractivity contribution is -0.130. The van der Waals surface area contributed by atoms with Crippen molar-refractivity contribution in [2.24, 2.45) is 5.10 Å². The number of ether oxygens (including phenoxy) is 3. The number of nitrogens with one attached hydrogen (secondary N) is 1. The van der Waals surface area contributed by atoms with Crippen molar-refractivity contribution in [3.05, 3.63) is 53.6 Å². The predicted octanol–water partition coefficient (Wildman–Crippen LogP) is 3.67. The molecule has 2 aromatic rings. The fraction of sp³-hybridized carbons (Fsp3) is 0.364. The number of hydrazone groups is 1. The maximum Gasteiger partial charge on any atom is 0.284 e. The first-order valence-electron chi connectivity index (χ1n) is 9.37. The lowest BCUT2D eigenvalue weighted by Gasteiger charge is -2.27. The molecular weight excluding hydrogens is 356 g/mol. The van der Waals surface area contributed by atoms with Gasteiger partial charge in [-0.3, -0.25) is 4.79 Å². The highest BCUT2D eigenvalue weighted by molar-refractivity contribution is 5.86. The molecule has 1 N–H and O–H groups in total. The molecule has 6 nitrogen and oxygen atoms in total. The minimum atomic E-state index is -0.762. The van der Waals surface area contributed by atoms with Crippen LogP contribution >= 0.6 is 0 Å². The third kappa shape index (κ3) is 4.63. The molecule has 2 aromatic carbocycles. The van der Waals surface area contributed by atoms with Gasteiger partial charge in [-0.15, -0.1) is 0 Å². The van der Waals surface area contributed by atoms with Crippen molar-refractivity contribution in [3.63, 3.8) is 0 Å². The molecule has 3 rings (SSSR count). The van der Waals surface area contributed by atoms with Crippen molar-refractivity contribution in [3.8, 4) is 17.2 Å². The van der Waals surface area contributed by atoms with Gasteiger partial charge in [0, 0.05) is 5.56 Å². The Kier molecular flexibility index (Phi) is 5.87. The zero-order valence-corrected chi connectivity index (χ0v) is 16.7. The van der Waals surface area contributed by atoms with Crippen LogP contribution in [0.4, 0.5) is 0 Å². The lowest BCUT2D eigenvalue weighted by atomic mass is 9.87.